The molecule has 2 saturated heterocycles. The van der Waals surface area contributed by atoms with Crippen LogP contribution >= 0.6 is 0 Å². The third-order valence-corrected chi connectivity index (χ3v) is 6.86. The number of pyridine rings is 2. The molecule has 0 atom stereocenters. The molecule has 2 aromatic heterocycles. The van der Waals surface area contributed by atoms with Gasteiger partial charge in [-0.2, -0.15) is 8.78 Å². The van der Waals surface area contributed by atoms with E-state index in [0.717, 1.165) is 21.9 Å². The Labute approximate surface area is 233 Å². The van der Waals surface area contributed by atoms with Gasteiger partial charge in [-0.15, -0.1) is 0 Å². The third-order valence-electron chi connectivity index (χ3n) is 6.86. The Morgan fingerprint density at radius 3 is 1.73 bits per heavy atom. The van der Waals surface area contributed by atoms with E-state index in [9.17, 15) is 23.5 Å². The van der Waals surface area contributed by atoms with Crippen LogP contribution in [0.4, 0.5) is 8.78 Å². The van der Waals surface area contributed by atoms with E-state index >= 15 is 0 Å². The molecule has 12 heteroatoms. The first-order chi connectivity index (χ1) is 19.7. The molecule has 0 spiro atoms. The van der Waals surface area contributed by atoms with Crippen LogP contribution in [-0.4, -0.2) is 59.9 Å². The molecule has 2 aliphatic heterocycles. The molecular formula is C29H30F2N2O8. The smallest absolute Gasteiger partial charge is 0.387 e. The molecule has 0 saturated carbocycles. The van der Waals surface area contributed by atoms with Gasteiger partial charge in [0.2, 0.25) is 0 Å². The minimum Gasteiger partial charge on any atom is -0.508 e. The number of fused-ring (bicyclic) bond motifs is 2. The van der Waals surface area contributed by atoms with Crippen LogP contribution in [0, 0.1) is 13.8 Å². The van der Waals surface area contributed by atoms with Gasteiger partial charge in [-0.1, -0.05) is 0 Å². The van der Waals surface area contributed by atoms with Gasteiger partial charge in [0.25, 0.3) is 11.1 Å². The van der Waals surface area contributed by atoms with Crippen molar-refractivity contribution in [2.24, 2.45) is 0 Å². The number of phenols is 1. The minimum atomic E-state index is -2.91. The highest BCUT2D eigenvalue weighted by molar-refractivity contribution is 5.84. The molecular weight excluding hydrogens is 542 g/mol. The van der Waals surface area contributed by atoms with Crippen molar-refractivity contribution in [3.05, 3.63) is 80.4 Å². The van der Waals surface area contributed by atoms with Gasteiger partial charge >= 0.3 is 6.61 Å². The van der Waals surface area contributed by atoms with Crippen molar-refractivity contribution in [1.82, 2.24) is 9.13 Å². The van der Waals surface area contributed by atoms with Gasteiger partial charge in [0.15, 0.2) is 12.6 Å². The van der Waals surface area contributed by atoms with Crippen LogP contribution in [0.1, 0.15) is 11.1 Å². The molecule has 0 unspecified atom stereocenters. The first-order valence-electron chi connectivity index (χ1n) is 13.1. The lowest BCUT2D eigenvalue weighted by molar-refractivity contribution is -0.0528. The number of phenolic OH excluding ortho intramolecular Hbond substituents is 1. The Balaban J connectivity index is 0.000000166. The molecule has 0 bridgehead atoms. The van der Waals surface area contributed by atoms with Crippen molar-refractivity contribution in [2.75, 3.05) is 26.4 Å². The standard InChI is InChI=1S/C15H15F2NO4.C14H15NO4/c1-9-6-13(19)18(8-14-20-4-5-21-14)12-7-10(22-15(16)17)2-3-11(9)12;1-9-6-13(17)15(8-14-18-4-5-19-14)12-7-10(16)2-3-11(9)12/h2-3,6-7,14-15H,4-5,8H2,1H3;2-3,6-7,14,16H,4-5,8H2,1H3. The second-order valence-corrected chi connectivity index (χ2v) is 9.65. The second kappa shape index (κ2) is 12.4. The van der Waals surface area contributed by atoms with Crippen molar-refractivity contribution in [3.63, 3.8) is 0 Å². The zero-order chi connectivity index (χ0) is 29.1. The van der Waals surface area contributed by atoms with E-state index in [0.29, 0.717) is 44.0 Å². The summed E-state index contributed by atoms with van der Waals surface area (Å²) in [5.41, 5.74) is 2.52. The topological polar surface area (TPSA) is 110 Å². The predicted molar refractivity (Wildman–Crippen MR) is 146 cm³/mol. The molecule has 4 heterocycles. The van der Waals surface area contributed by atoms with Crippen molar-refractivity contribution < 1.29 is 37.6 Å². The van der Waals surface area contributed by atoms with Gasteiger partial charge in [-0.05, 0) is 49.2 Å². The molecule has 2 fully saturated rings. The maximum absolute atomic E-state index is 12.4. The number of hydrogen-bond acceptors (Lipinski definition) is 8. The summed E-state index contributed by atoms with van der Waals surface area (Å²) in [6.07, 6.45) is -0.908. The van der Waals surface area contributed by atoms with Gasteiger partial charge < -0.3 is 37.9 Å². The van der Waals surface area contributed by atoms with E-state index in [1.807, 2.05) is 13.0 Å². The number of ether oxygens (including phenoxy) is 5. The largest absolute Gasteiger partial charge is 0.508 e. The van der Waals surface area contributed by atoms with Gasteiger partial charge in [0.1, 0.15) is 11.5 Å². The predicted octanol–water partition coefficient (Wildman–Crippen LogP) is 3.67. The van der Waals surface area contributed by atoms with Gasteiger partial charge in [0, 0.05) is 35.0 Å². The number of hydrogen-bond donors (Lipinski definition) is 1. The van der Waals surface area contributed by atoms with Crippen LogP contribution in [0.5, 0.6) is 11.5 Å². The molecule has 41 heavy (non-hydrogen) atoms. The minimum absolute atomic E-state index is 0.00880. The summed E-state index contributed by atoms with van der Waals surface area (Å²) in [4.78, 5) is 24.4. The summed E-state index contributed by atoms with van der Waals surface area (Å²) in [6, 6.07) is 12.7. The highest BCUT2D eigenvalue weighted by Crippen LogP contribution is 2.25. The zero-order valence-corrected chi connectivity index (χ0v) is 22.5. The number of halogens is 2. The van der Waals surface area contributed by atoms with Crippen LogP contribution in [0.25, 0.3) is 21.8 Å². The fourth-order valence-electron chi connectivity index (χ4n) is 4.94. The highest BCUT2D eigenvalue weighted by Gasteiger charge is 2.20. The van der Waals surface area contributed by atoms with Crippen molar-refractivity contribution >= 4 is 21.8 Å². The van der Waals surface area contributed by atoms with E-state index in [1.165, 1.54) is 22.8 Å². The molecule has 6 rings (SSSR count). The van der Waals surface area contributed by atoms with E-state index < -0.39 is 19.2 Å². The Bertz CT molecular complexity index is 1660. The maximum Gasteiger partial charge on any atom is 0.387 e. The molecule has 1 N–H and O–H groups in total. The number of nitrogens with zero attached hydrogens (tertiary/aromatic N) is 2. The SMILES string of the molecule is Cc1cc(=O)n(CC2OCCO2)c2cc(O)ccc12.Cc1cc(=O)n(CC2OCCO2)c2cc(OC(F)F)ccc12. The monoisotopic (exact) mass is 572 g/mol. The quantitative estimate of drug-likeness (QED) is 0.373. The number of alkyl halides is 2. The van der Waals surface area contributed by atoms with Crippen molar-refractivity contribution in [2.45, 2.75) is 46.1 Å². The van der Waals surface area contributed by atoms with Crippen LogP contribution in [0.3, 0.4) is 0 Å². The molecule has 4 aromatic rings. The first kappa shape index (κ1) is 28.7. The van der Waals surface area contributed by atoms with Crippen molar-refractivity contribution in [1.29, 1.82) is 0 Å². The summed E-state index contributed by atoms with van der Waals surface area (Å²) in [6.45, 7) is 3.35. The normalized spacial score (nSPS) is 16.0. The molecule has 0 radical (unpaired) electrons. The third kappa shape index (κ3) is 6.57. The number of aromatic hydroxyl groups is 1. The lowest BCUT2D eigenvalue weighted by atomic mass is 10.1. The van der Waals surface area contributed by atoms with Crippen LogP contribution in [0.15, 0.2) is 58.1 Å². The van der Waals surface area contributed by atoms with Crippen LogP contribution in [0.2, 0.25) is 0 Å². The Morgan fingerprint density at radius 2 is 1.24 bits per heavy atom. The average Bonchev–Trinajstić information content (AvgIpc) is 3.63. The molecule has 2 aromatic carbocycles. The number of benzene rings is 2. The maximum atomic E-state index is 12.4. The van der Waals surface area contributed by atoms with Crippen molar-refractivity contribution in [3.8, 4) is 11.5 Å². The lowest BCUT2D eigenvalue weighted by Gasteiger charge is -2.16. The van der Waals surface area contributed by atoms with Gasteiger partial charge in [-0.25, -0.2) is 0 Å². The molecule has 2 aliphatic rings. The Hall–Kier alpha value is -3.84. The van der Waals surface area contributed by atoms with E-state index in [-0.39, 0.29) is 29.2 Å². The van der Waals surface area contributed by atoms with E-state index in [4.69, 9.17) is 18.9 Å². The number of aromatic nitrogens is 2. The van der Waals surface area contributed by atoms with Crippen LogP contribution in [-0.2, 0) is 32.0 Å². The molecule has 0 aliphatic carbocycles. The summed E-state index contributed by atoms with van der Waals surface area (Å²) in [7, 11) is 0. The Morgan fingerprint density at radius 1 is 0.780 bits per heavy atom. The number of rotatable bonds is 6. The second-order valence-electron chi connectivity index (χ2n) is 9.65. The zero-order valence-electron chi connectivity index (χ0n) is 22.5. The summed E-state index contributed by atoms with van der Waals surface area (Å²) in [5.74, 6) is 0.147. The number of aryl methyl sites for hydroxylation is 2. The van der Waals surface area contributed by atoms with Gasteiger partial charge in [0.05, 0.1) is 50.6 Å². The van der Waals surface area contributed by atoms with E-state index in [1.54, 1.807) is 35.8 Å². The van der Waals surface area contributed by atoms with Crippen LogP contribution < -0.4 is 15.9 Å². The highest BCUT2D eigenvalue weighted by atomic mass is 19.3. The lowest BCUT2D eigenvalue weighted by Crippen LogP contribution is -2.27. The fourth-order valence-corrected chi connectivity index (χ4v) is 4.94. The first-order valence-corrected chi connectivity index (χ1v) is 13.1. The average molecular weight is 573 g/mol. The fraction of sp³-hybridized carbons (Fsp3) is 0.379. The Kier molecular flexibility index (Phi) is 8.64. The summed E-state index contributed by atoms with van der Waals surface area (Å²) < 4.78 is 53.7. The molecule has 0 amide bonds. The summed E-state index contributed by atoms with van der Waals surface area (Å²) >= 11 is 0. The molecule has 10 nitrogen and oxygen atoms in total. The molecule has 218 valence electrons. The summed E-state index contributed by atoms with van der Waals surface area (Å²) in [5, 5.41) is 11.4. The van der Waals surface area contributed by atoms with Gasteiger partial charge in [-0.3, -0.25) is 9.59 Å². The van der Waals surface area contributed by atoms with E-state index in [2.05, 4.69) is 4.74 Å².